The van der Waals surface area contributed by atoms with Gasteiger partial charge in [-0.2, -0.15) is 0 Å². The molecule has 0 atom stereocenters. The predicted octanol–water partition coefficient (Wildman–Crippen LogP) is 15.7. The van der Waals surface area contributed by atoms with E-state index in [-0.39, 0.29) is 39.2 Å². The molecule has 3 aliphatic carbocycles. The van der Waals surface area contributed by atoms with E-state index in [1.807, 2.05) is 0 Å². The molecule has 3 heterocycles. The van der Waals surface area contributed by atoms with Crippen LogP contribution in [0.3, 0.4) is 0 Å². The summed E-state index contributed by atoms with van der Waals surface area (Å²) in [5, 5.41) is 6.92. The number of nitrogens with zero attached hydrogens (tertiary/aromatic N) is 2. The molecule has 0 radical (unpaired) electrons. The number of fused-ring (bicyclic) bond motifs is 9. The summed E-state index contributed by atoms with van der Waals surface area (Å²) in [5.41, 5.74) is 21.4. The number of hydrogen-bond donors (Lipinski definition) is 0. The smallest absolute Gasteiger partial charge is 0.264 e. The van der Waals surface area contributed by atoms with Crippen LogP contribution in [0.1, 0.15) is 161 Å². The largest absolute Gasteiger partial charge is 0.311 e. The van der Waals surface area contributed by atoms with Crippen molar-refractivity contribution in [3.63, 3.8) is 0 Å². The van der Waals surface area contributed by atoms with Gasteiger partial charge in [0.25, 0.3) is 6.71 Å². The van der Waals surface area contributed by atoms with Gasteiger partial charge in [0.05, 0.1) is 5.69 Å². The second-order valence-electron chi connectivity index (χ2n) is 28.9. The Hall–Kier alpha value is -6.40. The third-order valence-corrected chi connectivity index (χ3v) is 27.0. The molecule has 14 rings (SSSR count). The summed E-state index contributed by atoms with van der Waals surface area (Å²) >= 11 is 2.08. The number of benzene rings is 8. The first kappa shape index (κ1) is 51.7. The van der Waals surface area contributed by atoms with E-state index in [1.165, 1.54) is 158 Å². The van der Waals surface area contributed by atoms with E-state index in [4.69, 9.17) is 0 Å². The van der Waals surface area contributed by atoms with E-state index in [1.54, 1.807) is 0 Å². The molecule has 9 aromatic rings. The number of hydrogen-bond acceptors (Lipinski definition) is 3. The summed E-state index contributed by atoms with van der Waals surface area (Å²) in [6.07, 6.45) is 7.08. The van der Waals surface area contributed by atoms with Crippen LogP contribution in [0.25, 0.3) is 10.1 Å². The summed E-state index contributed by atoms with van der Waals surface area (Å²) < 4.78 is 2.86. The van der Waals surface area contributed by atoms with E-state index in [9.17, 15) is 0 Å². The number of aryl methyl sites for hydroxylation is 1. The van der Waals surface area contributed by atoms with Crippen molar-refractivity contribution in [2.75, 3.05) is 9.80 Å². The first-order valence-corrected chi connectivity index (χ1v) is 32.8. The van der Waals surface area contributed by atoms with Gasteiger partial charge in [-0.25, -0.2) is 0 Å². The van der Waals surface area contributed by atoms with Gasteiger partial charge in [0.2, 0.25) is 0 Å². The van der Waals surface area contributed by atoms with Crippen molar-refractivity contribution in [2.24, 2.45) is 0 Å². The van der Waals surface area contributed by atoms with Crippen LogP contribution >= 0.6 is 11.3 Å². The highest BCUT2D eigenvalue weighted by atomic mass is 32.1. The van der Waals surface area contributed by atoms with Crippen LogP contribution in [-0.2, 0) is 32.5 Å². The van der Waals surface area contributed by atoms with Crippen LogP contribution < -0.4 is 46.2 Å². The molecular formula is C75H79BN2SSi. The molecule has 1 aromatic heterocycles. The number of anilines is 6. The molecular weight excluding hydrogens is 1000 g/mol. The minimum absolute atomic E-state index is 0.0299. The second kappa shape index (κ2) is 17.6. The van der Waals surface area contributed by atoms with E-state index < -0.39 is 8.07 Å². The summed E-state index contributed by atoms with van der Waals surface area (Å²) in [6, 6.07) is 67.8. The lowest BCUT2D eigenvalue weighted by Gasteiger charge is -2.47. The van der Waals surface area contributed by atoms with Crippen molar-refractivity contribution < 1.29 is 0 Å². The van der Waals surface area contributed by atoms with Gasteiger partial charge in [0.15, 0.2) is 8.07 Å². The Morgan fingerprint density at radius 3 is 1.36 bits per heavy atom. The zero-order valence-corrected chi connectivity index (χ0v) is 51.6. The normalized spacial score (nSPS) is 19.3. The van der Waals surface area contributed by atoms with E-state index >= 15 is 0 Å². The minimum Gasteiger partial charge on any atom is -0.311 e. The molecule has 0 bridgehead atoms. The average Bonchev–Trinajstić information content (AvgIpc) is 4.00. The van der Waals surface area contributed by atoms with Crippen LogP contribution in [0.15, 0.2) is 170 Å². The Kier molecular flexibility index (Phi) is 11.4. The Balaban J connectivity index is 1.11. The lowest BCUT2D eigenvalue weighted by atomic mass is 9.35. The zero-order chi connectivity index (χ0) is 55.7. The molecule has 2 aliphatic heterocycles. The number of thiophene rings is 1. The van der Waals surface area contributed by atoms with E-state index in [2.05, 4.69) is 281 Å². The fourth-order valence-corrected chi connectivity index (χ4v) is 22.1. The van der Waals surface area contributed by atoms with Crippen molar-refractivity contribution in [2.45, 2.75) is 161 Å². The second-order valence-corrected chi connectivity index (χ2v) is 33.8. The zero-order valence-electron chi connectivity index (χ0n) is 49.8. The highest BCUT2D eigenvalue weighted by Crippen LogP contribution is 2.55. The van der Waals surface area contributed by atoms with Gasteiger partial charge < -0.3 is 9.80 Å². The first-order chi connectivity index (χ1) is 38.0. The summed E-state index contributed by atoms with van der Waals surface area (Å²) in [4.78, 5) is 5.50. The quantitative estimate of drug-likeness (QED) is 0.121. The highest BCUT2D eigenvalue weighted by molar-refractivity contribution is 7.33. The Morgan fingerprint density at radius 2 is 0.825 bits per heavy atom. The van der Waals surface area contributed by atoms with Crippen molar-refractivity contribution in [1.82, 2.24) is 0 Å². The van der Waals surface area contributed by atoms with E-state index in [0.29, 0.717) is 0 Å². The van der Waals surface area contributed by atoms with Crippen LogP contribution in [0.5, 0.6) is 0 Å². The lowest BCUT2D eigenvalue weighted by Crippen LogP contribution is -2.74. The Labute approximate surface area is 483 Å². The van der Waals surface area contributed by atoms with Crippen LogP contribution in [0.2, 0.25) is 0 Å². The van der Waals surface area contributed by atoms with Gasteiger partial charge in [-0.05, 0) is 203 Å². The fraction of sp³-hybridized carbons (Fsp3) is 0.333. The van der Waals surface area contributed by atoms with E-state index in [0.717, 1.165) is 0 Å². The molecule has 5 heteroatoms. The SMILES string of the molecule is Cc1cc2c3c(c1)N(c1cccc([Si](c4ccccc4)(c4ccccc4)c4ccccc4)c1)c1c(sc4cc5c(cc14)C(C)(C)CCC5(C)C)B3c1cc3c(cc1N2c1ccc2c(c1)C(C)(C)CCC2(C)C)C(C)(C)CCC3(C)C. The molecule has 5 aliphatic rings. The van der Waals surface area contributed by atoms with Crippen LogP contribution in [0, 0.1) is 6.92 Å². The minimum atomic E-state index is -2.91. The lowest BCUT2D eigenvalue weighted by molar-refractivity contribution is 0.332. The van der Waals surface area contributed by atoms with Crippen LogP contribution in [-0.4, -0.2) is 14.8 Å². The topological polar surface area (TPSA) is 6.48 Å². The summed E-state index contributed by atoms with van der Waals surface area (Å²) in [5.74, 6) is 0. The standard InChI is InChI=1S/C75H79BN2SSi/c1-48-40-64-67-65(41-48)78(49-24-23-31-54(42-49)80(51-25-17-14-18-26-51,52-27-19-15-20-28-52)53-29-21-16-22-30-53)68-55-44-58-61(75(12,13)39-36-72(58,6)7)47-66(55)79-69(68)76(67)62-45-59-60(74(10,11)38-37-73(59,8)9)46-63(62)77(64)50-32-33-56-57(43-50)71(4,5)35-34-70(56,2)3/h14-33,40-47H,34-39H2,1-13H3. The monoisotopic (exact) mass is 1080 g/mol. The van der Waals surface area contributed by atoms with Crippen LogP contribution in [0.4, 0.5) is 34.1 Å². The molecule has 80 heavy (non-hydrogen) atoms. The molecule has 0 spiro atoms. The summed E-state index contributed by atoms with van der Waals surface area (Å²) in [7, 11) is -2.91. The van der Waals surface area contributed by atoms with Gasteiger partial charge in [0, 0.05) is 43.3 Å². The molecule has 2 nitrogen and oxygen atoms in total. The van der Waals surface area contributed by atoms with Gasteiger partial charge in [-0.15, -0.1) is 11.3 Å². The average molecular weight is 1080 g/mol. The molecule has 402 valence electrons. The maximum absolute atomic E-state index is 2.91. The molecule has 8 aromatic carbocycles. The van der Waals surface area contributed by atoms with Gasteiger partial charge in [0.1, 0.15) is 0 Å². The molecule has 0 saturated carbocycles. The van der Waals surface area contributed by atoms with Gasteiger partial charge >= 0.3 is 0 Å². The Bertz CT molecular complexity index is 3900. The van der Waals surface area contributed by atoms with Crippen molar-refractivity contribution in [3.8, 4) is 0 Å². The summed E-state index contributed by atoms with van der Waals surface area (Å²) in [6.45, 7) is 32.3. The maximum Gasteiger partial charge on any atom is 0.264 e. The molecule has 0 saturated heterocycles. The van der Waals surface area contributed by atoms with Crippen molar-refractivity contribution in [1.29, 1.82) is 0 Å². The third-order valence-electron chi connectivity index (χ3n) is 21.0. The fourth-order valence-electron chi connectivity index (χ4n) is 15.9. The Morgan fingerprint density at radius 1 is 0.388 bits per heavy atom. The van der Waals surface area contributed by atoms with Crippen molar-refractivity contribution in [3.05, 3.63) is 209 Å². The maximum atomic E-state index is 2.76. The molecule has 0 fully saturated rings. The first-order valence-electron chi connectivity index (χ1n) is 30.0. The van der Waals surface area contributed by atoms with Gasteiger partial charge in [-0.1, -0.05) is 198 Å². The third kappa shape index (κ3) is 7.54. The predicted molar refractivity (Wildman–Crippen MR) is 350 cm³/mol. The molecule has 0 amide bonds. The van der Waals surface area contributed by atoms with Crippen molar-refractivity contribution >= 4 is 107 Å². The highest BCUT2D eigenvalue weighted by Gasteiger charge is 2.50. The molecule has 0 N–H and O–H groups in total. The van der Waals surface area contributed by atoms with Gasteiger partial charge in [-0.3, -0.25) is 0 Å². The number of rotatable bonds is 6. The molecule has 0 unspecified atom stereocenters.